The number of rotatable bonds is 2. The molecule has 1 atom stereocenters. The number of nitrogens with zero attached hydrogens (tertiary/aromatic N) is 1. The van der Waals surface area contributed by atoms with E-state index in [2.05, 4.69) is 11.4 Å². The molecular formula is C11H16N2O3. The van der Waals surface area contributed by atoms with Crippen molar-refractivity contribution in [3.8, 4) is 6.07 Å². The van der Waals surface area contributed by atoms with Gasteiger partial charge in [-0.05, 0) is 19.3 Å². The van der Waals surface area contributed by atoms with Gasteiger partial charge in [0.05, 0.1) is 18.7 Å². The minimum atomic E-state index is -0.888. The summed E-state index contributed by atoms with van der Waals surface area (Å²) >= 11 is 0. The Balaban J connectivity index is 1.97. The first kappa shape index (κ1) is 11.4. The molecule has 2 rings (SSSR count). The molecule has 0 spiro atoms. The quantitative estimate of drug-likeness (QED) is 0.728. The summed E-state index contributed by atoms with van der Waals surface area (Å²) in [5.74, 6) is -0.159. The summed E-state index contributed by atoms with van der Waals surface area (Å²) in [6.45, 7) is 2.22. The maximum absolute atomic E-state index is 12.1. The van der Waals surface area contributed by atoms with E-state index in [1.165, 1.54) is 0 Å². The maximum atomic E-state index is 12.1. The third-order valence-corrected chi connectivity index (χ3v) is 3.26. The van der Waals surface area contributed by atoms with Crippen LogP contribution < -0.4 is 5.32 Å². The van der Waals surface area contributed by atoms with E-state index < -0.39 is 5.41 Å². The highest BCUT2D eigenvalue weighted by Gasteiger charge is 2.41. The van der Waals surface area contributed by atoms with E-state index >= 15 is 0 Å². The van der Waals surface area contributed by atoms with Gasteiger partial charge in [0.1, 0.15) is 5.41 Å². The predicted molar refractivity (Wildman–Crippen MR) is 55.5 cm³/mol. The van der Waals surface area contributed by atoms with E-state index in [-0.39, 0.29) is 11.9 Å². The number of hydrogen-bond donors (Lipinski definition) is 1. The van der Waals surface area contributed by atoms with Gasteiger partial charge in [-0.3, -0.25) is 4.79 Å². The van der Waals surface area contributed by atoms with E-state index in [0.717, 1.165) is 6.42 Å². The molecule has 0 aliphatic carbocycles. The molecule has 2 aliphatic heterocycles. The molecule has 1 N–H and O–H groups in total. The third kappa shape index (κ3) is 2.18. The van der Waals surface area contributed by atoms with Gasteiger partial charge in [-0.15, -0.1) is 0 Å². The topological polar surface area (TPSA) is 71.4 Å². The van der Waals surface area contributed by atoms with Crippen LogP contribution in [0.3, 0.4) is 0 Å². The van der Waals surface area contributed by atoms with Gasteiger partial charge in [0.25, 0.3) is 0 Å². The largest absolute Gasteiger partial charge is 0.381 e. The Bertz CT molecular complexity index is 299. The van der Waals surface area contributed by atoms with Gasteiger partial charge in [-0.2, -0.15) is 5.26 Å². The van der Waals surface area contributed by atoms with Crippen molar-refractivity contribution in [1.29, 1.82) is 5.26 Å². The summed E-state index contributed by atoms with van der Waals surface area (Å²) in [7, 11) is 0. The zero-order valence-electron chi connectivity index (χ0n) is 9.20. The number of nitriles is 1. The van der Waals surface area contributed by atoms with Crippen molar-refractivity contribution in [3.63, 3.8) is 0 Å². The second kappa shape index (κ2) is 4.81. The molecule has 2 saturated heterocycles. The van der Waals surface area contributed by atoms with Gasteiger partial charge in [-0.1, -0.05) is 0 Å². The Labute approximate surface area is 94.7 Å². The summed E-state index contributed by atoms with van der Waals surface area (Å²) in [6.07, 6.45) is 1.82. The lowest BCUT2D eigenvalue weighted by atomic mass is 9.80. The van der Waals surface area contributed by atoms with Gasteiger partial charge in [0.15, 0.2) is 0 Å². The first-order valence-electron chi connectivity index (χ1n) is 5.64. The molecule has 0 saturated carbocycles. The molecule has 0 aromatic heterocycles. The predicted octanol–water partition coefficient (Wildman–Crippen LogP) is 0.212. The molecular weight excluding hydrogens is 208 g/mol. The zero-order chi connectivity index (χ0) is 11.4. The Morgan fingerprint density at radius 2 is 2.06 bits per heavy atom. The van der Waals surface area contributed by atoms with Crippen molar-refractivity contribution in [3.05, 3.63) is 0 Å². The molecule has 0 bridgehead atoms. The van der Waals surface area contributed by atoms with E-state index in [9.17, 15) is 10.1 Å². The normalized spacial score (nSPS) is 28.3. The Morgan fingerprint density at radius 3 is 2.62 bits per heavy atom. The lowest BCUT2D eigenvalue weighted by molar-refractivity contribution is -0.133. The van der Waals surface area contributed by atoms with E-state index in [0.29, 0.717) is 39.3 Å². The maximum Gasteiger partial charge on any atom is 0.240 e. The van der Waals surface area contributed by atoms with Gasteiger partial charge in [0, 0.05) is 19.8 Å². The monoisotopic (exact) mass is 224 g/mol. The highest BCUT2D eigenvalue weighted by atomic mass is 16.5. The van der Waals surface area contributed by atoms with Gasteiger partial charge < -0.3 is 14.8 Å². The number of amides is 1. The minimum absolute atomic E-state index is 0.0700. The lowest BCUT2D eigenvalue weighted by Gasteiger charge is -2.30. The number of ether oxygens (including phenoxy) is 2. The molecule has 0 aromatic carbocycles. The van der Waals surface area contributed by atoms with Crippen LogP contribution in [-0.4, -0.2) is 38.4 Å². The Kier molecular flexibility index (Phi) is 3.42. The molecule has 2 heterocycles. The summed E-state index contributed by atoms with van der Waals surface area (Å²) in [5, 5.41) is 12.1. The second-order valence-corrected chi connectivity index (χ2v) is 4.34. The summed E-state index contributed by atoms with van der Waals surface area (Å²) in [4.78, 5) is 12.1. The number of hydrogen-bond acceptors (Lipinski definition) is 4. The average Bonchev–Trinajstić information content (AvgIpc) is 2.82. The molecule has 16 heavy (non-hydrogen) atoms. The fourth-order valence-corrected chi connectivity index (χ4v) is 2.08. The number of carbonyl (C=O) groups excluding carboxylic acids is 1. The standard InChI is InChI=1S/C11H16N2O3/c12-8-11(2-5-15-6-3-11)10(14)13-9-1-4-16-7-9/h9H,1-7H2,(H,13,14). The van der Waals surface area contributed by atoms with Crippen molar-refractivity contribution in [1.82, 2.24) is 5.32 Å². The highest BCUT2D eigenvalue weighted by Crippen LogP contribution is 2.30. The minimum Gasteiger partial charge on any atom is -0.381 e. The summed E-state index contributed by atoms with van der Waals surface area (Å²) < 4.78 is 10.4. The lowest BCUT2D eigenvalue weighted by Crippen LogP contribution is -2.47. The molecule has 1 unspecified atom stereocenters. The first-order valence-corrected chi connectivity index (χ1v) is 5.64. The van der Waals surface area contributed by atoms with E-state index in [4.69, 9.17) is 9.47 Å². The highest BCUT2D eigenvalue weighted by molar-refractivity contribution is 5.85. The van der Waals surface area contributed by atoms with Crippen LogP contribution >= 0.6 is 0 Å². The summed E-state index contributed by atoms with van der Waals surface area (Å²) in [5.41, 5.74) is -0.888. The molecule has 5 nitrogen and oxygen atoms in total. The fraction of sp³-hybridized carbons (Fsp3) is 0.818. The van der Waals surface area contributed by atoms with Crippen LogP contribution in [0, 0.1) is 16.7 Å². The van der Waals surface area contributed by atoms with Crippen LogP contribution in [0.4, 0.5) is 0 Å². The van der Waals surface area contributed by atoms with Crippen LogP contribution in [0.1, 0.15) is 19.3 Å². The van der Waals surface area contributed by atoms with Crippen molar-refractivity contribution >= 4 is 5.91 Å². The van der Waals surface area contributed by atoms with Crippen LogP contribution in [0.15, 0.2) is 0 Å². The van der Waals surface area contributed by atoms with Crippen molar-refractivity contribution in [2.24, 2.45) is 5.41 Å². The van der Waals surface area contributed by atoms with Crippen molar-refractivity contribution in [2.45, 2.75) is 25.3 Å². The van der Waals surface area contributed by atoms with Crippen LogP contribution in [-0.2, 0) is 14.3 Å². The smallest absolute Gasteiger partial charge is 0.240 e. The number of carbonyl (C=O) groups is 1. The van der Waals surface area contributed by atoms with E-state index in [1.54, 1.807) is 0 Å². The molecule has 88 valence electrons. The van der Waals surface area contributed by atoms with Gasteiger partial charge in [-0.25, -0.2) is 0 Å². The fourth-order valence-electron chi connectivity index (χ4n) is 2.08. The van der Waals surface area contributed by atoms with Crippen molar-refractivity contribution < 1.29 is 14.3 Å². The molecule has 5 heteroatoms. The summed E-state index contributed by atoms with van der Waals surface area (Å²) in [6, 6.07) is 2.23. The van der Waals surface area contributed by atoms with Crippen LogP contribution in [0.25, 0.3) is 0 Å². The molecule has 2 aliphatic rings. The third-order valence-electron chi connectivity index (χ3n) is 3.26. The SMILES string of the molecule is N#CC1(C(=O)NC2CCOC2)CCOCC1. The Hall–Kier alpha value is -1.12. The van der Waals surface area contributed by atoms with E-state index in [1.807, 2.05) is 0 Å². The first-order chi connectivity index (χ1) is 7.77. The Morgan fingerprint density at radius 1 is 1.31 bits per heavy atom. The zero-order valence-corrected chi connectivity index (χ0v) is 9.20. The molecule has 1 amide bonds. The molecule has 0 aromatic rings. The second-order valence-electron chi connectivity index (χ2n) is 4.34. The van der Waals surface area contributed by atoms with Gasteiger partial charge >= 0.3 is 0 Å². The van der Waals surface area contributed by atoms with Crippen LogP contribution in [0.5, 0.6) is 0 Å². The van der Waals surface area contributed by atoms with Crippen molar-refractivity contribution in [2.75, 3.05) is 26.4 Å². The van der Waals surface area contributed by atoms with Gasteiger partial charge in [0.2, 0.25) is 5.91 Å². The molecule has 0 radical (unpaired) electrons. The number of nitrogens with one attached hydrogen (secondary N) is 1. The van der Waals surface area contributed by atoms with Crippen LogP contribution in [0.2, 0.25) is 0 Å². The average molecular weight is 224 g/mol. The molecule has 2 fully saturated rings.